The van der Waals surface area contributed by atoms with Crippen molar-refractivity contribution in [1.29, 1.82) is 0 Å². The monoisotopic (exact) mass is 339 g/mol. The molecule has 7 heteroatoms. The van der Waals surface area contributed by atoms with E-state index in [-0.39, 0.29) is 17.1 Å². The molecule has 2 rings (SSSR count). The van der Waals surface area contributed by atoms with Crippen LogP contribution in [0.15, 0.2) is 6.07 Å². The molecule has 0 radical (unpaired) electrons. The Morgan fingerprint density at radius 3 is 2.74 bits per heavy atom. The first-order valence-electron chi connectivity index (χ1n) is 7.83. The van der Waals surface area contributed by atoms with Crippen LogP contribution in [0.4, 0.5) is 5.82 Å². The third kappa shape index (κ3) is 4.73. The zero-order valence-corrected chi connectivity index (χ0v) is 15.3. The van der Waals surface area contributed by atoms with Gasteiger partial charge in [-0.1, -0.05) is 0 Å². The van der Waals surface area contributed by atoms with Gasteiger partial charge >= 0.3 is 5.97 Å². The van der Waals surface area contributed by atoms with E-state index in [1.165, 1.54) is 11.8 Å². The maximum atomic E-state index is 12.5. The van der Waals surface area contributed by atoms with Crippen molar-refractivity contribution in [2.24, 2.45) is 7.05 Å². The molecular formula is C16H25N3O3S. The number of nitrogens with zero attached hydrogens (tertiary/aromatic N) is 3. The molecule has 6 nitrogen and oxygen atoms in total. The van der Waals surface area contributed by atoms with Crippen LogP contribution in [0, 0.1) is 6.92 Å². The normalized spacial score (nSPS) is 18.6. The third-order valence-corrected chi connectivity index (χ3v) is 4.73. The molecule has 1 aromatic heterocycles. The molecule has 1 aliphatic heterocycles. The number of thioether (sulfide) groups is 1. The molecule has 0 saturated carbocycles. The van der Waals surface area contributed by atoms with Gasteiger partial charge in [0.1, 0.15) is 11.4 Å². The minimum atomic E-state index is -0.459. The summed E-state index contributed by atoms with van der Waals surface area (Å²) in [6, 6.07) is 1.92. The quantitative estimate of drug-likeness (QED) is 0.770. The third-order valence-electron chi connectivity index (χ3n) is 3.46. The van der Waals surface area contributed by atoms with E-state index in [9.17, 15) is 9.59 Å². The van der Waals surface area contributed by atoms with Crippen molar-refractivity contribution in [3.63, 3.8) is 0 Å². The van der Waals surface area contributed by atoms with Crippen molar-refractivity contribution in [2.75, 3.05) is 17.2 Å². The van der Waals surface area contributed by atoms with Crippen LogP contribution >= 0.6 is 11.8 Å². The van der Waals surface area contributed by atoms with E-state index in [1.54, 1.807) is 9.58 Å². The Balaban J connectivity index is 1.83. The summed E-state index contributed by atoms with van der Waals surface area (Å²) in [6.45, 7) is 8.17. The molecule has 1 fully saturated rings. The Morgan fingerprint density at radius 2 is 2.17 bits per heavy atom. The van der Waals surface area contributed by atoms with E-state index >= 15 is 0 Å². The van der Waals surface area contributed by atoms with E-state index in [0.29, 0.717) is 18.7 Å². The van der Waals surface area contributed by atoms with Crippen molar-refractivity contribution in [1.82, 2.24) is 9.78 Å². The molecule has 2 heterocycles. The van der Waals surface area contributed by atoms with Gasteiger partial charge < -0.3 is 4.74 Å². The Morgan fingerprint density at radius 1 is 1.48 bits per heavy atom. The molecule has 1 amide bonds. The Kier molecular flexibility index (Phi) is 5.39. The van der Waals surface area contributed by atoms with Crippen LogP contribution in [-0.2, 0) is 21.4 Å². The smallest absolute Gasteiger partial charge is 0.307 e. The van der Waals surface area contributed by atoms with E-state index in [1.807, 2.05) is 40.8 Å². The average molecular weight is 339 g/mol. The summed E-state index contributed by atoms with van der Waals surface area (Å²) in [5.41, 5.74) is 0.440. The van der Waals surface area contributed by atoms with Gasteiger partial charge in [0.05, 0.1) is 17.4 Å². The maximum absolute atomic E-state index is 12.5. The minimum Gasteiger partial charge on any atom is -0.460 e. The number of amides is 1. The summed E-state index contributed by atoms with van der Waals surface area (Å²) >= 11 is 1.54. The summed E-state index contributed by atoms with van der Waals surface area (Å²) in [5, 5.41) is 4.20. The number of rotatable bonds is 5. The molecule has 0 aromatic carbocycles. The van der Waals surface area contributed by atoms with E-state index in [0.717, 1.165) is 17.9 Å². The van der Waals surface area contributed by atoms with Crippen LogP contribution in [0.25, 0.3) is 0 Å². The number of carbonyl (C=O) groups excluding carboxylic acids is 2. The molecule has 1 saturated heterocycles. The summed E-state index contributed by atoms with van der Waals surface area (Å²) < 4.78 is 7.02. The van der Waals surface area contributed by atoms with Crippen LogP contribution in [0.2, 0.25) is 0 Å². The minimum absolute atomic E-state index is 0.0901. The van der Waals surface area contributed by atoms with Crippen molar-refractivity contribution < 1.29 is 14.3 Å². The number of hydrogen-bond donors (Lipinski definition) is 0. The molecule has 0 aliphatic carbocycles. The molecule has 1 aliphatic rings. The zero-order chi connectivity index (χ0) is 17.2. The van der Waals surface area contributed by atoms with Crippen molar-refractivity contribution in [3.05, 3.63) is 11.8 Å². The fraction of sp³-hybridized carbons (Fsp3) is 0.688. The number of anilines is 1. The summed E-state index contributed by atoms with van der Waals surface area (Å²) in [6.07, 6.45) is 1.12. The van der Waals surface area contributed by atoms with Gasteiger partial charge in [-0.25, -0.2) is 0 Å². The predicted molar refractivity (Wildman–Crippen MR) is 91.6 cm³/mol. The van der Waals surface area contributed by atoms with Crippen LogP contribution in [0.3, 0.4) is 0 Å². The molecule has 0 N–H and O–H groups in total. The SMILES string of the molecule is Cc1cc(N2CCC(SCCC(=O)OC(C)(C)C)C2=O)n(C)n1. The van der Waals surface area contributed by atoms with Gasteiger partial charge in [0, 0.05) is 25.4 Å². The molecule has 1 unspecified atom stereocenters. The number of aromatic nitrogens is 2. The second kappa shape index (κ2) is 6.95. The fourth-order valence-corrected chi connectivity index (χ4v) is 3.67. The number of ether oxygens (including phenoxy) is 1. The molecule has 1 aromatic rings. The van der Waals surface area contributed by atoms with Gasteiger partial charge in [-0.05, 0) is 34.1 Å². The number of aryl methyl sites for hydroxylation is 2. The first kappa shape index (κ1) is 17.8. The topological polar surface area (TPSA) is 64.4 Å². The Hall–Kier alpha value is -1.50. The summed E-state index contributed by atoms with van der Waals surface area (Å²) in [5.74, 6) is 1.32. The van der Waals surface area contributed by atoms with Crippen LogP contribution in [0.5, 0.6) is 0 Å². The number of esters is 1. The summed E-state index contributed by atoms with van der Waals surface area (Å²) in [4.78, 5) is 26.0. The first-order chi connectivity index (χ1) is 10.7. The second-order valence-electron chi connectivity index (χ2n) is 6.74. The molecular weight excluding hydrogens is 314 g/mol. The van der Waals surface area contributed by atoms with Crippen molar-refractivity contribution in [3.8, 4) is 0 Å². The van der Waals surface area contributed by atoms with Crippen LogP contribution < -0.4 is 4.90 Å². The Bertz CT molecular complexity index is 592. The Labute approximate surface area is 141 Å². The highest BCUT2D eigenvalue weighted by Gasteiger charge is 2.34. The van der Waals surface area contributed by atoms with Gasteiger partial charge in [0.2, 0.25) is 5.91 Å². The van der Waals surface area contributed by atoms with Gasteiger partial charge in [0.25, 0.3) is 0 Å². The molecule has 23 heavy (non-hydrogen) atoms. The van der Waals surface area contributed by atoms with Gasteiger partial charge in [-0.2, -0.15) is 5.10 Å². The number of hydrogen-bond acceptors (Lipinski definition) is 5. The first-order valence-corrected chi connectivity index (χ1v) is 8.88. The predicted octanol–water partition coefficient (Wildman–Crippen LogP) is 2.30. The van der Waals surface area contributed by atoms with E-state index in [2.05, 4.69) is 5.10 Å². The highest BCUT2D eigenvalue weighted by Crippen LogP contribution is 2.29. The zero-order valence-electron chi connectivity index (χ0n) is 14.5. The molecule has 0 spiro atoms. The standard InChI is InChI=1S/C16H25N3O3S/c1-11-10-13(18(5)17-11)19-8-6-12(15(19)21)23-9-7-14(20)22-16(2,3)4/h10,12H,6-9H2,1-5H3. The van der Waals surface area contributed by atoms with Crippen molar-refractivity contribution in [2.45, 2.75) is 51.4 Å². The lowest BCUT2D eigenvalue weighted by atomic mass is 10.2. The van der Waals surface area contributed by atoms with Gasteiger partial charge in [-0.3, -0.25) is 19.2 Å². The average Bonchev–Trinajstić information content (AvgIpc) is 2.91. The fourth-order valence-electron chi connectivity index (χ4n) is 2.56. The maximum Gasteiger partial charge on any atom is 0.307 e. The highest BCUT2D eigenvalue weighted by molar-refractivity contribution is 8.00. The largest absolute Gasteiger partial charge is 0.460 e. The van der Waals surface area contributed by atoms with Crippen LogP contribution in [-0.4, -0.2) is 44.8 Å². The van der Waals surface area contributed by atoms with Crippen LogP contribution in [0.1, 0.15) is 39.3 Å². The van der Waals surface area contributed by atoms with Crippen molar-refractivity contribution >= 4 is 29.5 Å². The molecule has 1 atom stereocenters. The van der Waals surface area contributed by atoms with Gasteiger partial charge in [-0.15, -0.1) is 11.8 Å². The molecule has 0 bridgehead atoms. The lowest BCUT2D eigenvalue weighted by Crippen LogP contribution is -2.30. The lowest BCUT2D eigenvalue weighted by molar-refractivity contribution is -0.154. The summed E-state index contributed by atoms with van der Waals surface area (Å²) in [7, 11) is 1.85. The van der Waals surface area contributed by atoms with E-state index in [4.69, 9.17) is 4.74 Å². The lowest BCUT2D eigenvalue weighted by Gasteiger charge is -2.19. The van der Waals surface area contributed by atoms with Gasteiger partial charge in [0.15, 0.2) is 0 Å². The van der Waals surface area contributed by atoms with E-state index < -0.39 is 5.60 Å². The highest BCUT2D eigenvalue weighted by atomic mass is 32.2. The molecule has 128 valence electrons. The second-order valence-corrected chi connectivity index (χ2v) is 8.05. The number of carbonyl (C=O) groups is 2.